The van der Waals surface area contributed by atoms with Crippen LogP contribution in [0, 0.1) is 20.8 Å². The van der Waals surface area contributed by atoms with E-state index in [-0.39, 0.29) is 5.41 Å². The highest BCUT2D eigenvalue weighted by molar-refractivity contribution is 5.90. The van der Waals surface area contributed by atoms with Gasteiger partial charge in [0.25, 0.3) is 0 Å². The molecule has 0 radical (unpaired) electrons. The Morgan fingerprint density at radius 1 is 0.354 bits per heavy atom. The molecule has 6 aliphatic carbocycles. The van der Waals surface area contributed by atoms with Gasteiger partial charge in [0.15, 0.2) is 0 Å². The lowest BCUT2D eigenvalue weighted by molar-refractivity contribution is 0.658. The van der Waals surface area contributed by atoms with Crippen molar-refractivity contribution in [3.63, 3.8) is 0 Å². The van der Waals surface area contributed by atoms with Crippen molar-refractivity contribution in [1.29, 1.82) is 0 Å². The van der Waals surface area contributed by atoms with E-state index < -0.39 is 0 Å². The summed E-state index contributed by atoms with van der Waals surface area (Å²) in [6.07, 6.45) is 7.01. The third-order valence-corrected chi connectivity index (χ3v) is 12.2. The van der Waals surface area contributed by atoms with Crippen LogP contribution in [0.5, 0.6) is 0 Å². The molecule has 0 fully saturated rings. The Morgan fingerprint density at radius 3 is 1.29 bits per heavy atom. The first-order valence-corrected chi connectivity index (χ1v) is 18.0. The summed E-state index contributed by atoms with van der Waals surface area (Å²) < 4.78 is 0. The van der Waals surface area contributed by atoms with E-state index in [0.717, 1.165) is 25.7 Å². The molecule has 48 heavy (non-hydrogen) atoms. The lowest BCUT2D eigenvalue weighted by Crippen LogP contribution is -2.16. The van der Waals surface area contributed by atoms with E-state index in [9.17, 15) is 0 Å². The molecule has 0 heterocycles. The summed E-state index contributed by atoms with van der Waals surface area (Å²) in [7, 11) is 0. The molecule has 0 aliphatic heterocycles. The Kier molecular flexibility index (Phi) is 5.86. The van der Waals surface area contributed by atoms with Crippen LogP contribution in [-0.2, 0) is 43.9 Å². The van der Waals surface area contributed by atoms with Crippen LogP contribution >= 0.6 is 0 Å². The fourth-order valence-corrected chi connectivity index (χ4v) is 10.3. The number of rotatable bonds is 0. The average molecular weight is 619 g/mol. The highest BCUT2D eigenvalue weighted by Crippen LogP contribution is 2.55. The molecule has 0 N–H and O–H groups in total. The van der Waals surface area contributed by atoms with Gasteiger partial charge in [-0.05, 0) is 159 Å². The number of aryl methyl sites for hydroxylation is 5. The summed E-state index contributed by atoms with van der Waals surface area (Å²) >= 11 is 0. The van der Waals surface area contributed by atoms with Gasteiger partial charge in [-0.25, -0.2) is 0 Å². The zero-order valence-corrected chi connectivity index (χ0v) is 28.9. The van der Waals surface area contributed by atoms with E-state index in [2.05, 4.69) is 126 Å². The predicted molar refractivity (Wildman–Crippen MR) is 201 cm³/mol. The molecule has 0 unspecified atom stereocenters. The van der Waals surface area contributed by atoms with E-state index in [1.165, 1.54) is 62.9 Å². The van der Waals surface area contributed by atoms with Gasteiger partial charge >= 0.3 is 0 Å². The van der Waals surface area contributed by atoms with Gasteiger partial charge in [-0.2, -0.15) is 0 Å². The Hall–Kier alpha value is -4.68. The van der Waals surface area contributed by atoms with Crippen molar-refractivity contribution in [2.45, 2.75) is 78.6 Å². The number of hydrogen-bond donors (Lipinski definition) is 0. The van der Waals surface area contributed by atoms with E-state index in [1.54, 1.807) is 66.8 Å². The molecule has 0 nitrogen and oxygen atoms in total. The maximum absolute atomic E-state index is 2.38. The minimum Gasteiger partial charge on any atom is -0.0617 e. The number of hydrogen-bond acceptors (Lipinski definition) is 0. The number of benzene rings is 6. The average Bonchev–Trinajstić information content (AvgIpc) is 3.85. The molecule has 6 aromatic rings. The fourth-order valence-electron chi connectivity index (χ4n) is 10.3. The second-order valence-electron chi connectivity index (χ2n) is 15.8. The first-order chi connectivity index (χ1) is 23.2. The quantitative estimate of drug-likeness (QED) is 0.159. The van der Waals surface area contributed by atoms with Gasteiger partial charge in [0.1, 0.15) is 0 Å². The van der Waals surface area contributed by atoms with Crippen molar-refractivity contribution >= 4 is 0 Å². The lowest BCUT2D eigenvalue weighted by Gasteiger charge is -2.23. The molecule has 0 saturated carbocycles. The highest BCUT2D eigenvalue weighted by atomic mass is 14.4. The second-order valence-corrected chi connectivity index (χ2v) is 15.8. The molecule has 234 valence electrons. The largest absolute Gasteiger partial charge is 0.0617 e. The topological polar surface area (TPSA) is 0 Å². The first kappa shape index (κ1) is 28.3. The summed E-state index contributed by atoms with van der Waals surface area (Å²) in [5.74, 6) is 0. The standard InChI is InChI=1S/C17H16.C16H14.C15H12/c1-10-7-12-9-11-5-4-6-13-15(11)16(12)14(8-10)17(13,2)3;1-10-7-13-6-5-11-3-2-4-12-9-14(8-10)16(13)15(11)12;1-9-5-12-7-10-3-2-4-11-8-13(6-9)15(12)14(10)11/h4-8H,9H2,1-3H3;2-4,7-8H,5-6,9H2,1H3;2-6H,7-8H2,1H3. The molecule has 6 aromatic carbocycles. The smallest absolute Gasteiger partial charge is 0.0159 e. The van der Waals surface area contributed by atoms with Gasteiger partial charge in [0.05, 0.1) is 0 Å². The van der Waals surface area contributed by atoms with E-state index in [1.807, 2.05) is 0 Å². The Labute approximate surface area is 285 Å². The Balaban J connectivity index is 0.0000000925. The van der Waals surface area contributed by atoms with Crippen LogP contribution < -0.4 is 0 Å². The molecule has 0 spiro atoms. The van der Waals surface area contributed by atoms with E-state index >= 15 is 0 Å². The molecule has 0 aromatic heterocycles. The van der Waals surface area contributed by atoms with E-state index in [4.69, 9.17) is 0 Å². The SMILES string of the molecule is Cc1cc2c3c(c1)C(C)(C)c1cccc(c1-3)C2.Cc1cc2c3c(c1)Cc1cccc(c1-3)C2.Cc1cc2c3c(c1)Cc1cccc(c1-3)CC2. The maximum Gasteiger partial charge on any atom is 0.0159 e. The molecule has 0 heteroatoms. The van der Waals surface area contributed by atoms with Gasteiger partial charge < -0.3 is 0 Å². The van der Waals surface area contributed by atoms with Crippen LogP contribution in [0.3, 0.4) is 0 Å². The molecule has 0 bridgehead atoms. The molecule has 0 saturated heterocycles. The molecule has 6 aliphatic rings. The van der Waals surface area contributed by atoms with E-state index in [0.29, 0.717) is 0 Å². The summed E-state index contributed by atoms with van der Waals surface area (Å²) in [6.45, 7) is 11.4. The fraction of sp³-hybridized carbons (Fsp3) is 0.250. The van der Waals surface area contributed by atoms with Gasteiger partial charge in [0.2, 0.25) is 0 Å². The third-order valence-electron chi connectivity index (χ3n) is 12.2. The molecular formula is C48H42. The van der Waals surface area contributed by atoms with Crippen molar-refractivity contribution < 1.29 is 0 Å². The third kappa shape index (κ3) is 3.96. The van der Waals surface area contributed by atoms with Crippen molar-refractivity contribution in [1.82, 2.24) is 0 Å². The summed E-state index contributed by atoms with van der Waals surface area (Å²) in [5, 5.41) is 0. The Bertz CT molecular complexity index is 2350. The zero-order valence-electron chi connectivity index (χ0n) is 28.9. The zero-order chi connectivity index (χ0) is 32.5. The lowest BCUT2D eigenvalue weighted by atomic mass is 9.80. The Morgan fingerprint density at radius 2 is 0.708 bits per heavy atom. The van der Waals surface area contributed by atoms with Crippen LogP contribution in [0.4, 0.5) is 0 Å². The van der Waals surface area contributed by atoms with Crippen LogP contribution in [0.1, 0.15) is 97.3 Å². The first-order valence-electron chi connectivity index (χ1n) is 18.0. The predicted octanol–water partition coefficient (Wildman–Crippen LogP) is 11.3. The van der Waals surface area contributed by atoms with Crippen LogP contribution in [0.15, 0.2) is 91.0 Å². The van der Waals surface area contributed by atoms with Gasteiger partial charge in [0, 0.05) is 5.41 Å². The minimum atomic E-state index is 0.182. The summed E-state index contributed by atoms with van der Waals surface area (Å²) in [6, 6.07) is 34.6. The molecule has 0 atom stereocenters. The normalized spacial score (nSPS) is 15.7. The summed E-state index contributed by atoms with van der Waals surface area (Å²) in [4.78, 5) is 0. The summed E-state index contributed by atoms with van der Waals surface area (Å²) in [5.41, 5.74) is 32.3. The monoisotopic (exact) mass is 618 g/mol. The van der Waals surface area contributed by atoms with Crippen LogP contribution in [0.2, 0.25) is 0 Å². The van der Waals surface area contributed by atoms with Crippen LogP contribution in [0.25, 0.3) is 33.4 Å². The van der Waals surface area contributed by atoms with Gasteiger partial charge in [-0.15, -0.1) is 0 Å². The minimum absolute atomic E-state index is 0.182. The second kappa shape index (κ2) is 9.93. The van der Waals surface area contributed by atoms with Crippen molar-refractivity contribution in [2.24, 2.45) is 0 Å². The van der Waals surface area contributed by atoms with Crippen molar-refractivity contribution in [3.05, 3.63) is 174 Å². The molecular weight excluding hydrogens is 577 g/mol. The maximum atomic E-state index is 2.38. The van der Waals surface area contributed by atoms with Gasteiger partial charge in [-0.3, -0.25) is 0 Å². The van der Waals surface area contributed by atoms with Crippen molar-refractivity contribution in [3.8, 4) is 33.4 Å². The molecule has 12 rings (SSSR count). The van der Waals surface area contributed by atoms with Crippen LogP contribution in [-0.4, -0.2) is 0 Å². The highest BCUT2D eigenvalue weighted by Gasteiger charge is 2.40. The van der Waals surface area contributed by atoms with Crippen molar-refractivity contribution in [2.75, 3.05) is 0 Å². The molecule has 0 amide bonds. The van der Waals surface area contributed by atoms with Gasteiger partial charge in [-0.1, -0.05) is 122 Å².